The summed E-state index contributed by atoms with van der Waals surface area (Å²) in [4.78, 5) is 13.3. The first-order valence-corrected chi connectivity index (χ1v) is 9.51. The van der Waals surface area contributed by atoms with E-state index in [0.717, 1.165) is 4.34 Å². The number of carbonyl (C=O) groups is 1. The van der Waals surface area contributed by atoms with Crippen LogP contribution in [0.1, 0.15) is 6.42 Å². The van der Waals surface area contributed by atoms with E-state index in [2.05, 4.69) is 10.2 Å². The molecule has 1 aromatic heterocycles. The number of hydrogen-bond acceptors (Lipinski definition) is 7. The first-order chi connectivity index (χ1) is 8.39. The fraction of sp³-hybridized carbons (Fsp3) is 0.625. The summed E-state index contributed by atoms with van der Waals surface area (Å²) in [5, 5.41) is 8.34. The summed E-state index contributed by atoms with van der Waals surface area (Å²) in [5.74, 6) is -0.601. The van der Waals surface area contributed by atoms with Crippen molar-refractivity contribution in [2.45, 2.75) is 10.8 Å². The Kier molecular flexibility index (Phi) is 4.15. The van der Waals surface area contributed by atoms with Gasteiger partial charge in [0.15, 0.2) is 4.34 Å². The van der Waals surface area contributed by atoms with E-state index in [1.165, 1.54) is 28.0 Å². The predicted molar refractivity (Wildman–Crippen MR) is 71.8 cm³/mol. The third-order valence-electron chi connectivity index (χ3n) is 2.44. The van der Waals surface area contributed by atoms with Crippen LogP contribution < -0.4 is 4.90 Å². The van der Waals surface area contributed by atoms with Crippen LogP contribution in [0.2, 0.25) is 0 Å². The minimum absolute atomic E-state index is 0.135. The second-order valence-electron chi connectivity index (χ2n) is 3.83. The van der Waals surface area contributed by atoms with E-state index in [0.29, 0.717) is 11.7 Å². The maximum absolute atomic E-state index is 11.8. The molecular weight excluding hydrogens is 318 g/mol. The van der Waals surface area contributed by atoms with Crippen molar-refractivity contribution in [3.63, 3.8) is 0 Å². The van der Waals surface area contributed by atoms with Crippen molar-refractivity contribution in [2.24, 2.45) is 5.92 Å². The molecule has 1 aliphatic rings. The van der Waals surface area contributed by atoms with Gasteiger partial charge in [-0.3, -0.25) is 9.69 Å². The Morgan fingerprint density at radius 2 is 2.28 bits per heavy atom. The van der Waals surface area contributed by atoms with Crippen molar-refractivity contribution in [2.75, 3.05) is 23.5 Å². The van der Waals surface area contributed by atoms with Crippen LogP contribution in [0.15, 0.2) is 4.34 Å². The molecule has 1 atom stereocenters. The number of carbonyl (C=O) groups excluding carboxylic acids is 1. The van der Waals surface area contributed by atoms with Crippen LogP contribution >= 0.6 is 33.8 Å². The van der Waals surface area contributed by atoms with E-state index in [1.54, 1.807) is 0 Å². The Labute approximate surface area is 117 Å². The lowest BCUT2D eigenvalue weighted by Crippen LogP contribution is -2.25. The Morgan fingerprint density at radius 3 is 2.83 bits per heavy atom. The summed E-state index contributed by atoms with van der Waals surface area (Å²) < 4.78 is 22.8. The highest BCUT2D eigenvalue weighted by atomic mass is 35.7. The topological polar surface area (TPSA) is 80.2 Å². The largest absolute Gasteiger partial charge is 0.286 e. The molecule has 1 aliphatic heterocycles. The molecule has 6 nitrogen and oxygen atoms in total. The molecule has 0 aromatic carbocycles. The molecule has 0 saturated carbocycles. The summed E-state index contributed by atoms with van der Waals surface area (Å²) in [7, 11) is 1.62. The van der Waals surface area contributed by atoms with Gasteiger partial charge in [-0.15, -0.1) is 10.2 Å². The Hall–Kier alpha value is -0.380. The molecule has 1 amide bonds. The zero-order valence-electron chi connectivity index (χ0n) is 9.37. The van der Waals surface area contributed by atoms with Gasteiger partial charge in [-0.05, 0) is 6.26 Å². The molecule has 0 N–H and O–H groups in total. The van der Waals surface area contributed by atoms with Crippen molar-refractivity contribution in [3.05, 3.63) is 0 Å². The number of aromatic nitrogens is 2. The number of rotatable bonds is 4. The minimum Gasteiger partial charge on any atom is -0.286 e. The van der Waals surface area contributed by atoms with Gasteiger partial charge in [0, 0.05) is 29.6 Å². The standard InChI is InChI=1S/C8H10ClN3O3S3/c1-16-8-11-10-7(17-8)12-3-5(2-6(12)13)4-18(9,14)15/h5H,2-4H2,1H3. The maximum atomic E-state index is 11.8. The lowest BCUT2D eigenvalue weighted by Gasteiger charge is -2.11. The highest BCUT2D eigenvalue weighted by Crippen LogP contribution is 2.31. The molecule has 1 unspecified atom stereocenters. The monoisotopic (exact) mass is 327 g/mol. The fourth-order valence-electron chi connectivity index (χ4n) is 1.75. The minimum atomic E-state index is -3.58. The van der Waals surface area contributed by atoms with Crippen molar-refractivity contribution in [1.29, 1.82) is 0 Å². The molecule has 0 bridgehead atoms. The zero-order chi connectivity index (χ0) is 13.3. The Balaban J connectivity index is 2.09. The smallest absolute Gasteiger partial charge is 0.232 e. The number of hydrogen-bond donors (Lipinski definition) is 0. The van der Waals surface area contributed by atoms with E-state index in [4.69, 9.17) is 10.7 Å². The van der Waals surface area contributed by atoms with Crippen molar-refractivity contribution in [3.8, 4) is 0 Å². The molecular formula is C8H10ClN3O3S3. The lowest BCUT2D eigenvalue weighted by molar-refractivity contribution is -0.117. The summed E-state index contributed by atoms with van der Waals surface area (Å²) >= 11 is 2.77. The third-order valence-corrected chi connectivity index (χ3v) is 5.61. The first kappa shape index (κ1) is 14.0. The predicted octanol–water partition coefficient (Wildman–Crippen LogP) is 1.18. The number of thioether (sulfide) groups is 1. The molecule has 1 fully saturated rings. The average molecular weight is 328 g/mol. The van der Waals surface area contributed by atoms with Gasteiger partial charge in [0.05, 0.1) is 5.75 Å². The second-order valence-corrected chi connectivity index (χ2v) is 8.67. The van der Waals surface area contributed by atoms with Crippen LogP contribution in [-0.2, 0) is 13.8 Å². The first-order valence-electron chi connectivity index (χ1n) is 4.99. The van der Waals surface area contributed by atoms with E-state index >= 15 is 0 Å². The highest BCUT2D eigenvalue weighted by molar-refractivity contribution is 8.13. The quantitative estimate of drug-likeness (QED) is 0.469. The Morgan fingerprint density at radius 1 is 1.56 bits per heavy atom. The van der Waals surface area contributed by atoms with Crippen LogP contribution in [0.4, 0.5) is 5.13 Å². The van der Waals surface area contributed by atoms with Gasteiger partial charge < -0.3 is 0 Å². The highest BCUT2D eigenvalue weighted by Gasteiger charge is 2.34. The molecule has 1 aromatic rings. The molecule has 2 rings (SSSR count). The van der Waals surface area contributed by atoms with Crippen LogP contribution in [0.25, 0.3) is 0 Å². The molecule has 18 heavy (non-hydrogen) atoms. The summed E-state index contributed by atoms with van der Waals surface area (Å²) in [6, 6.07) is 0. The molecule has 100 valence electrons. The molecule has 2 heterocycles. The van der Waals surface area contributed by atoms with E-state index in [1.807, 2.05) is 6.26 Å². The van der Waals surface area contributed by atoms with Crippen LogP contribution in [0.3, 0.4) is 0 Å². The van der Waals surface area contributed by atoms with Gasteiger partial charge in [0.25, 0.3) is 0 Å². The molecule has 0 aliphatic carbocycles. The number of anilines is 1. The van der Waals surface area contributed by atoms with E-state index in [9.17, 15) is 13.2 Å². The molecule has 0 spiro atoms. The lowest BCUT2D eigenvalue weighted by atomic mass is 10.1. The van der Waals surface area contributed by atoms with Gasteiger partial charge in [-0.1, -0.05) is 23.1 Å². The zero-order valence-corrected chi connectivity index (χ0v) is 12.6. The number of nitrogens with zero attached hydrogens (tertiary/aromatic N) is 3. The molecule has 10 heteroatoms. The third kappa shape index (κ3) is 3.34. The van der Waals surface area contributed by atoms with Gasteiger partial charge in [-0.25, -0.2) is 8.42 Å². The summed E-state index contributed by atoms with van der Waals surface area (Å²) in [6.45, 7) is 0.327. The molecule has 1 saturated heterocycles. The summed E-state index contributed by atoms with van der Waals surface area (Å²) in [5.41, 5.74) is 0. The van der Waals surface area contributed by atoms with Crippen molar-refractivity contribution < 1.29 is 13.2 Å². The number of halogens is 1. The van der Waals surface area contributed by atoms with Gasteiger partial charge in [-0.2, -0.15) is 0 Å². The van der Waals surface area contributed by atoms with Crippen LogP contribution in [0, 0.1) is 5.92 Å². The second kappa shape index (κ2) is 5.32. The SMILES string of the molecule is CSc1nnc(N2CC(CS(=O)(=O)Cl)CC2=O)s1. The molecule has 0 radical (unpaired) electrons. The van der Waals surface area contributed by atoms with Crippen LogP contribution in [0.5, 0.6) is 0 Å². The summed E-state index contributed by atoms with van der Waals surface area (Å²) in [6.07, 6.45) is 2.05. The van der Waals surface area contributed by atoms with Crippen molar-refractivity contribution >= 4 is 53.9 Å². The van der Waals surface area contributed by atoms with Crippen molar-refractivity contribution in [1.82, 2.24) is 10.2 Å². The number of amides is 1. The fourth-order valence-corrected chi connectivity index (χ4v) is 4.36. The van der Waals surface area contributed by atoms with Gasteiger partial charge in [0.2, 0.25) is 20.1 Å². The Bertz CT molecular complexity index is 559. The van der Waals surface area contributed by atoms with E-state index in [-0.39, 0.29) is 24.0 Å². The normalized spacial score (nSPS) is 20.7. The van der Waals surface area contributed by atoms with E-state index < -0.39 is 9.05 Å². The average Bonchev–Trinajstić information content (AvgIpc) is 2.82. The van der Waals surface area contributed by atoms with Crippen LogP contribution in [-0.4, -0.2) is 43.1 Å². The van der Waals surface area contributed by atoms with Gasteiger partial charge >= 0.3 is 0 Å². The van der Waals surface area contributed by atoms with Gasteiger partial charge in [0.1, 0.15) is 0 Å². The maximum Gasteiger partial charge on any atom is 0.232 e.